The lowest BCUT2D eigenvalue weighted by molar-refractivity contribution is 0.589. The molecule has 0 amide bonds. The number of hydrogen-bond acceptors (Lipinski definition) is 2. The van der Waals surface area contributed by atoms with Crippen LogP contribution >= 0.6 is 15.9 Å². The normalized spacial score (nSPS) is 12.3. The zero-order valence-corrected chi connectivity index (χ0v) is 12.7. The van der Waals surface area contributed by atoms with E-state index < -0.39 is 0 Å². The molecule has 1 aromatic heterocycles. The molecule has 0 spiro atoms. The van der Waals surface area contributed by atoms with Gasteiger partial charge in [-0.2, -0.15) is 0 Å². The van der Waals surface area contributed by atoms with Crippen LogP contribution in [0.15, 0.2) is 53.1 Å². The van der Waals surface area contributed by atoms with Crippen molar-refractivity contribution in [3.8, 4) is 0 Å². The highest BCUT2D eigenvalue weighted by molar-refractivity contribution is 9.10. The van der Waals surface area contributed by atoms with Gasteiger partial charge in [-0.05, 0) is 46.6 Å². The van der Waals surface area contributed by atoms with Crippen molar-refractivity contribution in [1.29, 1.82) is 0 Å². The molecule has 0 aliphatic carbocycles. The lowest BCUT2D eigenvalue weighted by atomic mass is 9.94. The van der Waals surface area contributed by atoms with E-state index >= 15 is 0 Å². The molecule has 1 heterocycles. The van der Waals surface area contributed by atoms with Gasteiger partial charge in [-0.25, -0.2) is 0 Å². The number of hydrogen-bond donors (Lipinski definition) is 1. The summed E-state index contributed by atoms with van der Waals surface area (Å²) in [7, 11) is 0. The smallest absolute Gasteiger partial charge is 0.0413 e. The molecule has 0 aliphatic heterocycles. The molecule has 0 aliphatic rings. The predicted octanol–water partition coefficient (Wildman–Crippen LogP) is 3.78. The minimum Gasteiger partial charge on any atom is -0.316 e. The van der Waals surface area contributed by atoms with Crippen molar-refractivity contribution in [2.24, 2.45) is 0 Å². The molecule has 3 heteroatoms. The van der Waals surface area contributed by atoms with E-state index in [0.717, 1.165) is 29.7 Å². The van der Waals surface area contributed by atoms with Gasteiger partial charge in [0.15, 0.2) is 0 Å². The lowest BCUT2D eigenvalue weighted by Crippen LogP contribution is -2.22. The number of nitrogens with zero attached hydrogens (tertiary/aromatic N) is 1. The molecule has 19 heavy (non-hydrogen) atoms. The fourth-order valence-corrected chi connectivity index (χ4v) is 2.37. The summed E-state index contributed by atoms with van der Waals surface area (Å²) >= 11 is 3.42. The van der Waals surface area contributed by atoms with Gasteiger partial charge in [0.1, 0.15) is 0 Å². The van der Waals surface area contributed by atoms with Crippen LogP contribution in [0, 0.1) is 0 Å². The van der Waals surface area contributed by atoms with Crippen LogP contribution in [0.5, 0.6) is 0 Å². The van der Waals surface area contributed by atoms with Gasteiger partial charge in [0.2, 0.25) is 0 Å². The van der Waals surface area contributed by atoms with E-state index in [1.54, 1.807) is 0 Å². The van der Waals surface area contributed by atoms with Gasteiger partial charge in [-0.15, -0.1) is 0 Å². The van der Waals surface area contributed by atoms with Crippen molar-refractivity contribution >= 4 is 15.9 Å². The quantitative estimate of drug-likeness (QED) is 0.876. The van der Waals surface area contributed by atoms with Crippen LogP contribution in [0.25, 0.3) is 0 Å². The molecule has 2 nitrogen and oxygen atoms in total. The monoisotopic (exact) mass is 318 g/mol. The number of pyridine rings is 1. The average molecular weight is 319 g/mol. The fourth-order valence-electron chi connectivity index (χ4n) is 2.13. The predicted molar refractivity (Wildman–Crippen MR) is 83.4 cm³/mol. The molecule has 0 radical (unpaired) electrons. The Bertz CT molecular complexity index is 482. The molecule has 1 N–H and O–H groups in total. The second kappa shape index (κ2) is 7.41. The van der Waals surface area contributed by atoms with E-state index in [2.05, 4.69) is 75.6 Å². The van der Waals surface area contributed by atoms with E-state index in [-0.39, 0.29) is 0 Å². The lowest BCUT2D eigenvalue weighted by Gasteiger charge is -2.17. The largest absolute Gasteiger partial charge is 0.316 e. The van der Waals surface area contributed by atoms with Gasteiger partial charge >= 0.3 is 0 Å². The van der Waals surface area contributed by atoms with E-state index in [4.69, 9.17) is 0 Å². The van der Waals surface area contributed by atoms with Crippen LogP contribution in [0.4, 0.5) is 0 Å². The highest BCUT2D eigenvalue weighted by Crippen LogP contribution is 2.20. The maximum Gasteiger partial charge on any atom is 0.0413 e. The van der Waals surface area contributed by atoms with Crippen molar-refractivity contribution < 1.29 is 0 Å². The second-order valence-corrected chi connectivity index (χ2v) is 5.50. The van der Waals surface area contributed by atoms with Crippen LogP contribution in [0.2, 0.25) is 0 Å². The molecule has 0 saturated carbocycles. The second-order valence-electron chi connectivity index (χ2n) is 4.59. The third kappa shape index (κ3) is 4.44. The number of rotatable bonds is 6. The molecule has 2 aromatic rings. The van der Waals surface area contributed by atoms with E-state index in [1.807, 2.05) is 6.20 Å². The first-order valence-corrected chi connectivity index (χ1v) is 7.45. The number of halogens is 1. The molecular formula is C16H19BrN2. The summed E-state index contributed by atoms with van der Waals surface area (Å²) in [5.74, 6) is 0.467. The van der Waals surface area contributed by atoms with Gasteiger partial charge in [-0.1, -0.05) is 37.3 Å². The summed E-state index contributed by atoms with van der Waals surface area (Å²) in [6.07, 6.45) is 2.83. The van der Waals surface area contributed by atoms with Crippen molar-refractivity contribution in [3.05, 3.63) is 64.4 Å². The zero-order valence-electron chi connectivity index (χ0n) is 11.1. The Morgan fingerprint density at radius 3 is 2.58 bits per heavy atom. The molecule has 1 unspecified atom stereocenters. The highest BCUT2D eigenvalue weighted by Gasteiger charge is 2.12. The maximum absolute atomic E-state index is 4.48. The topological polar surface area (TPSA) is 24.9 Å². The van der Waals surface area contributed by atoms with Crippen molar-refractivity contribution in [2.75, 3.05) is 13.1 Å². The van der Waals surface area contributed by atoms with Crippen LogP contribution < -0.4 is 5.32 Å². The van der Waals surface area contributed by atoms with Crippen LogP contribution in [-0.2, 0) is 6.42 Å². The number of nitrogens with one attached hydrogen (secondary N) is 1. The zero-order chi connectivity index (χ0) is 13.5. The third-order valence-electron chi connectivity index (χ3n) is 3.16. The Balaban J connectivity index is 2.11. The molecule has 0 saturated heterocycles. The Morgan fingerprint density at radius 1 is 1.16 bits per heavy atom. The SMILES string of the molecule is CCNCC(Cc1ccc(Br)cn1)c1ccccc1. The van der Waals surface area contributed by atoms with E-state index in [9.17, 15) is 0 Å². The Hall–Kier alpha value is -1.19. The molecule has 0 fully saturated rings. The summed E-state index contributed by atoms with van der Waals surface area (Å²) in [6, 6.07) is 14.8. The number of aromatic nitrogens is 1. The van der Waals surface area contributed by atoms with Crippen molar-refractivity contribution in [1.82, 2.24) is 10.3 Å². The summed E-state index contributed by atoms with van der Waals surface area (Å²) in [5.41, 5.74) is 2.50. The number of benzene rings is 1. The van der Waals surface area contributed by atoms with Crippen LogP contribution in [-0.4, -0.2) is 18.1 Å². The summed E-state index contributed by atoms with van der Waals surface area (Å²) in [6.45, 7) is 4.12. The standard InChI is InChI=1S/C16H19BrN2/c1-2-18-11-14(13-6-4-3-5-7-13)10-16-9-8-15(17)12-19-16/h3-9,12,14,18H,2,10-11H2,1H3. The van der Waals surface area contributed by atoms with E-state index in [0.29, 0.717) is 5.92 Å². The van der Waals surface area contributed by atoms with E-state index in [1.165, 1.54) is 5.56 Å². The van der Waals surface area contributed by atoms with Gasteiger partial charge in [0, 0.05) is 28.8 Å². The fraction of sp³-hybridized carbons (Fsp3) is 0.312. The molecule has 1 aromatic carbocycles. The van der Waals surface area contributed by atoms with Crippen LogP contribution in [0.3, 0.4) is 0 Å². The van der Waals surface area contributed by atoms with Crippen molar-refractivity contribution in [3.63, 3.8) is 0 Å². The maximum atomic E-state index is 4.48. The Labute approximate surface area is 123 Å². The first kappa shape index (κ1) is 14.2. The van der Waals surface area contributed by atoms with Gasteiger partial charge in [-0.3, -0.25) is 4.98 Å². The third-order valence-corrected chi connectivity index (χ3v) is 3.62. The average Bonchev–Trinajstić information content (AvgIpc) is 2.46. The Morgan fingerprint density at radius 2 is 1.95 bits per heavy atom. The number of likely N-dealkylation sites (N-methyl/N-ethyl adjacent to an activating group) is 1. The van der Waals surface area contributed by atoms with Crippen LogP contribution in [0.1, 0.15) is 24.1 Å². The van der Waals surface area contributed by atoms with Gasteiger partial charge < -0.3 is 5.32 Å². The van der Waals surface area contributed by atoms with Gasteiger partial charge in [0.25, 0.3) is 0 Å². The molecule has 1 atom stereocenters. The Kier molecular flexibility index (Phi) is 5.55. The van der Waals surface area contributed by atoms with Gasteiger partial charge in [0.05, 0.1) is 0 Å². The van der Waals surface area contributed by atoms with Crippen molar-refractivity contribution in [2.45, 2.75) is 19.3 Å². The minimum atomic E-state index is 0.467. The molecule has 2 rings (SSSR count). The highest BCUT2D eigenvalue weighted by atomic mass is 79.9. The first-order valence-electron chi connectivity index (χ1n) is 6.65. The molecular weight excluding hydrogens is 300 g/mol. The molecule has 100 valence electrons. The summed E-state index contributed by atoms with van der Waals surface area (Å²) in [4.78, 5) is 4.48. The summed E-state index contributed by atoms with van der Waals surface area (Å²) in [5, 5.41) is 3.44. The summed E-state index contributed by atoms with van der Waals surface area (Å²) < 4.78 is 1.03. The molecule has 0 bridgehead atoms. The minimum absolute atomic E-state index is 0.467. The first-order chi connectivity index (χ1) is 9.29.